The van der Waals surface area contributed by atoms with Crippen molar-refractivity contribution in [2.45, 2.75) is 31.0 Å². The van der Waals surface area contributed by atoms with Crippen LogP contribution in [0.4, 0.5) is 4.79 Å². The summed E-state index contributed by atoms with van der Waals surface area (Å²) in [6.45, 7) is 3.34. The van der Waals surface area contributed by atoms with Crippen molar-refractivity contribution in [2.75, 3.05) is 13.2 Å². The molecule has 1 heterocycles. The normalized spacial score (nSPS) is 30.4. The average molecular weight is 276 g/mol. The number of hydrogen-bond donors (Lipinski definition) is 3. The molecule has 1 aliphatic rings. The average Bonchev–Trinajstić information content (AvgIpc) is 2.37. The highest BCUT2D eigenvalue weighted by Crippen LogP contribution is 2.20. The highest BCUT2D eigenvalue weighted by molar-refractivity contribution is 5.67. The Hall–Kier alpha value is -1.71. The fraction of sp³-hybridized carbons (Fsp3) is 0.700. The van der Waals surface area contributed by atoms with Crippen molar-refractivity contribution in [3.63, 3.8) is 0 Å². The summed E-state index contributed by atoms with van der Waals surface area (Å²) in [6.07, 6.45) is -3.46. The predicted molar refractivity (Wildman–Crippen MR) is 61.8 cm³/mol. The van der Waals surface area contributed by atoms with E-state index in [9.17, 15) is 25.1 Å². The minimum Gasteiger partial charge on any atom is -0.445 e. The van der Waals surface area contributed by atoms with Gasteiger partial charge < -0.3 is 25.0 Å². The van der Waals surface area contributed by atoms with E-state index in [0.29, 0.717) is 0 Å². The maximum absolute atomic E-state index is 11.1. The summed E-state index contributed by atoms with van der Waals surface area (Å²) in [4.78, 5) is 21.1. The van der Waals surface area contributed by atoms with Crippen LogP contribution < -0.4 is 5.32 Å². The van der Waals surface area contributed by atoms with Crippen molar-refractivity contribution in [1.29, 1.82) is 0 Å². The molecule has 1 rings (SSSR count). The van der Waals surface area contributed by atoms with Gasteiger partial charge in [-0.1, -0.05) is 12.7 Å². The fourth-order valence-corrected chi connectivity index (χ4v) is 1.66. The lowest BCUT2D eigenvalue weighted by molar-refractivity contribution is -0.550. The van der Waals surface area contributed by atoms with Crippen LogP contribution in [0, 0.1) is 10.1 Å². The number of alkyl carbamates (subject to hydrolysis) is 1. The van der Waals surface area contributed by atoms with Crippen LogP contribution in [-0.2, 0) is 9.47 Å². The molecule has 108 valence electrons. The largest absolute Gasteiger partial charge is 0.445 e. The molecule has 2 unspecified atom stereocenters. The van der Waals surface area contributed by atoms with Crippen LogP contribution in [0.2, 0.25) is 0 Å². The van der Waals surface area contributed by atoms with Gasteiger partial charge in [-0.2, -0.15) is 0 Å². The molecule has 9 nitrogen and oxygen atoms in total. The molecule has 9 heteroatoms. The van der Waals surface area contributed by atoms with E-state index in [1.807, 2.05) is 0 Å². The van der Waals surface area contributed by atoms with Gasteiger partial charge in [-0.05, 0) is 0 Å². The summed E-state index contributed by atoms with van der Waals surface area (Å²) >= 11 is 0. The number of ether oxygens (including phenoxy) is 2. The third-order valence-electron chi connectivity index (χ3n) is 2.60. The van der Waals surface area contributed by atoms with Gasteiger partial charge in [-0.25, -0.2) is 4.79 Å². The van der Waals surface area contributed by atoms with Gasteiger partial charge in [0.25, 0.3) is 0 Å². The molecule has 1 amide bonds. The van der Waals surface area contributed by atoms with E-state index in [1.54, 1.807) is 0 Å². The topological polar surface area (TPSA) is 131 Å². The molecule has 3 N–H and O–H groups in total. The lowest BCUT2D eigenvalue weighted by atomic mass is 10.0. The summed E-state index contributed by atoms with van der Waals surface area (Å²) in [6, 6.07) is -1.33. The number of nitrogens with zero attached hydrogens (tertiary/aromatic N) is 1. The van der Waals surface area contributed by atoms with Crippen LogP contribution in [0.1, 0.15) is 6.42 Å². The van der Waals surface area contributed by atoms with E-state index in [0.717, 1.165) is 0 Å². The summed E-state index contributed by atoms with van der Waals surface area (Å²) in [5.41, 5.74) is 0. The van der Waals surface area contributed by atoms with Gasteiger partial charge in [0.15, 0.2) is 12.4 Å². The Balaban J connectivity index is 2.44. The maximum atomic E-state index is 11.1. The van der Waals surface area contributed by atoms with E-state index < -0.39 is 35.6 Å². The van der Waals surface area contributed by atoms with E-state index in [1.165, 1.54) is 6.08 Å². The Morgan fingerprint density at radius 3 is 2.89 bits per heavy atom. The Morgan fingerprint density at radius 2 is 2.32 bits per heavy atom. The van der Waals surface area contributed by atoms with Gasteiger partial charge in [0, 0.05) is 17.9 Å². The van der Waals surface area contributed by atoms with E-state index in [2.05, 4.69) is 16.6 Å². The van der Waals surface area contributed by atoms with Gasteiger partial charge in [-0.15, -0.1) is 0 Å². The number of amides is 1. The minimum atomic E-state index is -1.65. The first-order valence-electron chi connectivity index (χ1n) is 5.62. The zero-order valence-corrected chi connectivity index (χ0v) is 10.1. The summed E-state index contributed by atoms with van der Waals surface area (Å²) < 4.78 is 9.58. The lowest BCUT2D eigenvalue weighted by Gasteiger charge is -2.32. The molecule has 0 bridgehead atoms. The monoisotopic (exact) mass is 276 g/mol. The highest BCUT2D eigenvalue weighted by Gasteiger charge is 2.43. The third kappa shape index (κ3) is 4.47. The van der Waals surface area contributed by atoms with Gasteiger partial charge in [0.1, 0.15) is 6.61 Å². The van der Waals surface area contributed by atoms with Gasteiger partial charge in [0.05, 0.1) is 6.10 Å². The SMILES string of the molecule is C=CCOC(=O)NC[C@@H]1CC([N+](=O)[O-])C(O)[C@H](O)O1. The van der Waals surface area contributed by atoms with Gasteiger partial charge in [0.2, 0.25) is 6.04 Å². The molecule has 0 aliphatic carbocycles. The van der Waals surface area contributed by atoms with E-state index >= 15 is 0 Å². The molecule has 1 aliphatic heterocycles. The maximum Gasteiger partial charge on any atom is 0.407 e. The molecule has 0 aromatic rings. The quantitative estimate of drug-likeness (QED) is 0.334. The second-order valence-corrected chi connectivity index (χ2v) is 4.00. The Bertz CT molecular complexity index is 349. The van der Waals surface area contributed by atoms with Crippen molar-refractivity contribution < 1.29 is 29.4 Å². The number of carbonyl (C=O) groups is 1. The highest BCUT2D eigenvalue weighted by atomic mass is 16.6. The molecule has 0 radical (unpaired) electrons. The molecule has 4 atom stereocenters. The first-order valence-corrected chi connectivity index (χ1v) is 5.62. The van der Waals surface area contributed by atoms with Crippen LogP contribution in [0.3, 0.4) is 0 Å². The van der Waals surface area contributed by atoms with Gasteiger partial charge in [-0.3, -0.25) is 10.1 Å². The van der Waals surface area contributed by atoms with E-state index in [4.69, 9.17) is 4.74 Å². The second kappa shape index (κ2) is 7.02. The molecule has 0 spiro atoms. The van der Waals surface area contributed by atoms with Crippen LogP contribution in [-0.4, -0.2) is 58.9 Å². The minimum absolute atomic E-state index is 0.0379. The molecule has 1 saturated heterocycles. The number of nitro groups is 1. The smallest absolute Gasteiger partial charge is 0.407 e. The molecule has 0 aromatic heterocycles. The second-order valence-electron chi connectivity index (χ2n) is 4.00. The Kier molecular flexibility index (Phi) is 5.67. The lowest BCUT2D eigenvalue weighted by Crippen LogP contribution is -2.53. The number of aliphatic hydroxyl groups excluding tert-OH is 2. The zero-order chi connectivity index (χ0) is 14.4. The summed E-state index contributed by atoms with van der Waals surface area (Å²) in [5.74, 6) is 0. The molecule has 19 heavy (non-hydrogen) atoms. The molecule has 0 saturated carbocycles. The molecule has 1 fully saturated rings. The summed E-state index contributed by atoms with van der Waals surface area (Å²) in [5, 5.41) is 31.7. The standard InChI is InChI=1S/C10H16N2O7/c1-2-3-18-10(15)11-5-6-4-7(12(16)17)8(13)9(14)19-6/h2,6-9,13-14H,1,3-5H2,(H,11,15)/t6-,7?,8?,9+/m0/s1. The van der Waals surface area contributed by atoms with E-state index in [-0.39, 0.29) is 19.6 Å². The molecular weight excluding hydrogens is 260 g/mol. The number of nitrogens with one attached hydrogen (secondary N) is 1. The number of carbonyl (C=O) groups excluding carboxylic acids is 1. The number of rotatable bonds is 5. The molecular formula is C10H16N2O7. The van der Waals surface area contributed by atoms with Crippen molar-refractivity contribution >= 4 is 6.09 Å². The van der Waals surface area contributed by atoms with Crippen LogP contribution in [0.5, 0.6) is 0 Å². The Labute approximate surface area is 109 Å². The third-order valence-corrected chi connectivity index (χ3v) is 2.60. The van der Waals surface area contributed by atoms with Crippen LogP contribution >= 0.6 is 0 Å². The van der Waals surface area contributed by atoms with Crippen molar-refractivity contribution in [1.82, 2.24) is 5.32 Å². The summed E-state index contributed by atoms with van der Waals surface area (Å²) in [7, 11) is 0. The fourth-order valence-electron chi connectivity index (χ4n) is 1.66. The molecule has 0 aromatic carbocycles. The number of aliphatic hydroxyl groups is 2. The zero-order valence-electron chi connectivity index (χ0n) is 10.1. The van der Waals surface area contributed by atoms with Crippen molar-refractivity contribution in [2.24, 2.45) is 0 Å². The first kappa shape index (κ1) is 15.3. The predicted octanol–water partition coefficient (Wildman–Crippen LogP) is -0.988. The first-order chi connectivity index (χ1) is 8.95. The van der Waals surface area contributed by atoms with Crippen LogP contribution in [0.15, 0.2) is 12.7 Å². The van der Waals surface area contributed by atoms with Crippen LogP contribution in [0.25, 0.3) is 0 Å². The van der Waals surface area contributed by atoms with Crippen molar-refractivity contribution in [3.8, 4) is 0 Å². The van der Waals surface area contributed by atoms with Gasteiger partial charge >= 0.3 is 6.09 Å². The van der Waals surface area contributed by atoms with Crippen molar-refractivity contribution in [3.05, 3.63) is 22.8 Å². The number of hydrogen-bond acceptors (Lipinski definition) is 7. The Morgan fingerprint density at radius 1 is 1.63 bits per heavy atom.